The first-order chi connectivity index (χ1) is 3.72. The van der Waals surface area contributed by atoms with Gasteiger partial charge in [0.25, 0.3) is 0 Å². The molecule has 1 heterocycles. The molecule has 0 fully saturated rings. The lowest BCUT2D eigenvalue weighted by atomic mass is 10.6. The SMILES string of the molecule is ClC1=C(Cl)[SiH](Cl)C=C1. The van der Waals surface area contributed by atoms with Crippen LogP contribution in [0, 0.1) is 0 Å². The van der Waals surface area contributed by atoms with Crippen LogP contribution >= 0.6 is 34.3 Å². The maximum atomic E-state index is 5.74. The fourth-order valence-electron chi connectivity index (χ4n) is 0.465. The highest BCUT2D eigenvalue weighted by atomic mass is 35.6. The standard InChI is InChI=1S/C4H3Cl3Si/c5-3-1-2-8(7)4(3)6/h1-2,8H. The maximum Gasteiger partial charge on any atom is 0.209 e. The predicted octanol–water partition coefficient (Wildman–Crippen LogP) is 2.29. The zero-order chi connectivity index (χ0) is 6.15. The van der Waals surface area contributed by atoms with Gasteiger partial charge in [-0.15, -0.1) is 0 Å². The van der Waals surface area contributed by atoms with Crippen LogP contribution in [0.5, 0.6) is 0 Å². The lowest BCUT2D eigenvalue weighted by molar-refractivity contribution is 2.00. The normalized spacial score (nSPS) is 27.6. The molecule has 1 aliphatic heterocycles. The van der Waals surface area contributed by atoms with E-state index in [1.807, 2.05) is 5.70 Å². The van der Waals surface area contributed by atoms with Gasteiger partial charge in [-0.2, -0.15) is 11.1 Å². The van der Waals surface area contributed by atoms with Crippen molar-refractivity contribution in [2.45, 2.75) is 0 Å². The van der Waals surface area contributed by atoms with Gasteiger partial charge in [-0.25, -0.2) is 0 Å². The van der Waals surface area contributed by atoms with Crippen molar-refractivity contribution in [1.82, 2.24) is 0 Å². The summed E-state index contributed by atoms with van der Waals surface area (Å²) in [7, 11) is -1.40. The van der Waals surface area contributed by atoms with Gasteiger partial charge >= 0.3 is 0 Å². The molecule has 0 N–H and O–H groups in total. The average Bonchev–Trinajstić information content (AvgIpc) is 1.98. The van der Waals surface area contributed by atoms with Gasteiger partial charge < -0.3 is 0 Å². The van der Waals surface area contributed by atoms with Crippen molar-refractivity contribution < 1.29 is 0 Å². The molecule has 1 atom stereocenters. The van der Waals surface area contributed by atoms with Crippen LogP contribution in [-0.4, -0.2) is 8.11 Å². The Hall–Kier alpha value is 0.567. The summed E-state index contributed by atoms with van der Waals surface area (Å²) >= 11 is 16.9. The first-order valence-corrected chi connectivity index (χ1v) is 5.84. The summed E-state index contributed by atoms with van der Waals surface area (Å²) in [5, 5.41) is 0.610. The predicted molar refractivity (Wildman–Crippen MR) is 40.9 cm³/mol. The third-order valence-electron chi connectivity index (χ3n) is 0.882. The van der Waals surface area contributed by atoms with E-state index in [-0.39, 0.29) is 0 Å². The summed E-state index contributed by atoms with van der Waals surface area (Å²) in [6.45, 7) is 0. The number of allylic oxidation sites excluding steroid dienone is 2. The molecule has 1 rings (SSSR count). The van der Waals surface area contributed by atoms with Crippen LogP contribution in [0.1, 0.15) is 0 Å². The van der Waals surface area contributed by atoms with Crippen molar-refractivity contribution in [3.05, 3.63) is 21.5 Å². The highest BCUT2D eigenvalue weighted by molar-refractivity contribution is 7.18. The van der Waals surface area contributed by atoms with E-state index in [9.17, 15) is 0 Å². The fraction of sp³-hybridized carbons (Fsp3) is 0. The van der Waals surface area contributed by atoms with Gasteiger partial charge in [0, 0.05) is 4.66 Å². The molecule has 8 heavy (non-hydrogen) atoms. The first kappa shape index (κ1) is 6.68. The highest BCUT2D eigenvalue weighted by Gasteiger charge is 2.15. The molecule has 1 aliphatic rings. The molecule has 0 aromatic carbocycles. The molecule has 44 valence electrons. The number of hydrogen-bond acceptors (Lipinski definition) is 0. The largest absolute Gasteiger partial charge is 0.209 e. The summed E-state index contributed by atoms with van der Waals surface area (Å²) in [6, 6.07) is 0. The maximum absolute atomic E-state index is 5.74. The molecular formula is C4H3Cl3Si. The van der Waals surface area contributed by atoms with E-state index < -0.39 is 8.11 Å². The Labute approximate surface area is 64.0 Å². The molecule has 0 radical (unpaired) electrons. The molecule has 0 nitrogen and oxygen atoms in total. The Morgan fingerprint density at radius 2 is 2.00 bits per heavy atom. The Morgan fingerprint density at radius 3 is 2.12 bits per heavy atom. The monoisotopic (exact) mass is 184 g/mol. The zero-order valence-electron chi connectivity index (χ0n) is 3.87. The van der Waals surface area contributed by atoms with E-state index in [4.69, 9.17) is 34.3 Å². The van der Waals surface area contributed by atoms with Gasteiger partial charge in [0.2, 0.25) is 8.11 Å². The van der Waals surface area contributed by atoms with Crippen LogP contribution in [-0.2, 0) is 0 Å². The minimum Gasteiger partial charge on any atom is -0.159 e. The highest BCUT2D eigenvalue weighted by Crippen LogP contribution is 2.26. The van der Waals surface area contributed by atoms with Crippen molar-refractivity contribution in [3.8, 4) is 0 Å². The van der Waals surface area contributed by atoms with Crippen molar-refractivity contribution >= 4 is 42.4 Å². The van der Waals surface area contributed by atoms with Crippen LogP contribution in [0.4, 0.5) is 0 Å². The van der Waals surface area contributed by atoms with E-state index in [1.165, 1.54) is 0 Å². The summed E-state index contributed by atoms with van der Waals surface area (Å²) < 4.78 is 0.660. The molecule has 1 unspecified atom stereocenters. The summed E-state index contributed by atoms with van der Waals surface area (Å²) in [5.41, 5.74) is 1.88. The Morgan fingerprint density at radius 1 is 1.38 bits per heavy atom. The smallest absolute Gasteiger partial charge is 0.159 e. The van der Waals surface area contributed by atoms with Gasteiger partial charge in [0.05, 0.1) is 5.03 Å². The van der Waals surface area contributed by atoms with Crippen LogP contribution in [0.15, 0.2) is 21.5 Å². The third-order valence-corrected chi connectivity index (χ3v) is 5.15. The second-order valence-corrected chi connectivity index (χ2v) is 5.81. The van der Waals surface area contributed by atoms with Gasteiger partial charge in [0.1, 0.15) is 0 Å². The molecule has 0 bridgehead atoms. The average molecular weight is 186 g/mol. The van der Waals surface area contributed by atoms with E-state index >= 15 is 0 Å². The van der Waals surface area contributed by atoms with Crippen molar-refractivity contribution in [2.24, 2.45) is 0 Å². The summed E-state index contributed by atoms with van der Waals surface area (Å²) in [4.78, 5) is 0. The third kappa shape index (κ3) is 1.11. The minimum absolute atomic E-state index is 0.610. The quantitative estimate of drug-likeness (QED) is 0.401. The van der Waals surface area contributed by atoms with E-state index in [0.717, 1.165) is 0 Å². The Kier molecular flexibility index (Phi) is 2.04. The number of hydrogen-bond donors (Lipinski definition) is 0. The molecular weight excluding hydrogens is 182 g/mol. The zero-order valence-corrected chi connectivity index (χ0v) is 7.29. The van der Waals surface area contributed by atoms with Crippen LogP contribution in [0.25, 0.3) is 0 Å². The van der Waals surface area contributed by atoms with Gasteiger partial charge in [0.15, 0.2) is 0 Å². The minimum atomic E-state index is -1.40. The lowest BCUT2D eigenvalue weighted by Gasteiger charge is -1.90. The fourth-order valence-corrected chi connectivity index (χ4v) is 2.92. The Balaban J connectivity index is 2.85. The molecule has 0 saturated carbocycles. The van der Waals surface area contributed by atoms with E-state index in [0.29, 0.717) is 9.69 Å². The van der Waals surface area contributed by atoms with Crippen molar-refractivity contribution in [1.29, 1.82) is 0 Å². The summed E-state index contributed by atoms with van der Waals surface area (Å²) in [5.74, 6) is 0. The van der Waals surface area contributed by atoms with E-state index in [2.05, 4.69) is 0 Å². The van der Waals surface area contributed by atoms with Crippen LogP contribution < -0.4 is 0 Å². The molecule has 0 saturated heterocycles. The second kappa shape index (κ2) is 2.44. The van der Waals surface area contributed by atoms with Crippen LogP contribution in [0.2, 0.25) is 0 Å². The molecule has 4 heteroatoms. The van der Waals surface area contributed by atoms with E-state index in [1.54, 1.807) is 6.08 Å². The van der Waals surface area contributed by atoms with Crippen molar-refractivity contribution in [3.63, 3.8) is 0 Å². The number of halogens is 3. The molecule has 0 aromatic heterocycles. The summed E-state index contributed by atoms with van der Waals surface area (Å²) in [6.07, 6.45) is 1.76. The van der Waals surface area contributed by atoms with Gasteiger partial charge in [-0.05, 0) is 6.08 Å². The second-order valence-electron chi connectivity index (χ2n) is 1.46. The molecule has 0 spiro atoms. The molecule has 0 aromatic rings. The number of rotatable bonds is 0. The molecule has 0 aliphatic carbocycles. The van der Waals surface area contributed by atoms with Gasteiger partial charge in [-0.3, -0.25) is 0 Å². The molecule has 0 amide bonds. The Bertz CT molecular complexity index is 161. The van der Waals surface area contributed by atoms with Crippen LogP contribution in [0.3, 0.4) is 0 Å². The first-order valence-electron chi connectivity index (χ1n) is 2.09. The van der Waals surface area contributed by atoms with Crippen molar-refractivity contribution in [2.75, 3.05) is 0 Å². The topological polar surface area (TPSA) is 0 Å². The van der Waals surface area contributed by atoms with Gasteiger partial charge in [-0.1, -0.05) is 28.9 Å². The lowest BCUT2D eigenvalue weighted by Crippen LogP contribution is -1.94.